The van der Waals surface area contributed by atoms with Crippen LogP contribution in [-0.2, 0) is 0 Å². The zero-order chi connectivity index (χ0) is 16.0. The first-order valence-corrected chi connectivity index (χ1v) is 10.4. The van der Waals surface area contributed by atoms with Gasteiger partial charge in [0.15, 0.2) is 0 Å². The molecule has 3 rings (SSSR count). The molecule has 0 saturated carbocycles. The van der Waals surface area contributed by atoms with Gasteiger partial charge in [0.25, 0.3) is 0 Å². The third-order valence-corrected chi connectivity index (χ3v) is 9.52. The van der Waals surface area contributed by atoms with Crippen molar-refractivity contribution in [3.05, 3.63) is 104 Å². The van der Waals surface area contributed by atoms with E-state index in [9.17, 15) is 0 Å². The molecule has 0 aliphatic rings. The van der Waals surface area contributed by atoms with Crippen LogP contribution in [0.4, 0.5) is 0 Å². The highest BCUT2D eigenvalue weighted by Gasteiger charge is 2.38. The average Bonchev–Trinajstić information content (AvgIpc) is 2.65. The van der Waals surface area contributed by atoms with Crippen LogP contribution in [0.25, 0.3) is 0 Å². The van der Waals surface area contributed by atoms with Gasteiger partial charge in [-0.05, 0) is 28.0 Å². The maximum Gasteiger partial charge on any atom is 0.148 e. The van der Waals surface area contributed by atoms with Crippen LogP contribution in [0.15, 0.2) is 104 Å². The minimum Gasteiger partial charge on any atom is -0.103 e. The van der Waals surface area contributed by atoms with Gasteiger partial charge in [-0.1, -0.05) is 97.1 Å². The molecule has 0 heterocycles. The quantitative estimate of drug-likeness (QED) is 0.369. The Morgan fingerprint density at radius 1 is 0.609 bits per heavy atom. The second kappa shape index (κ2) is 7.25. The Morgan fingerprint density at radius 2 is 0.957 bits per heavy atom. The Kier molecular flexibility index (Phi) is 4.89. The summed E-state index contributed by atoms with van der Waals surface area (Å²) in [6.45, 7) is 3.97. The molecule has 0 nitrogen and oxygen atoms in total. The zero-order valence-corrected chi connectivity index (χ0v) is 14.4. The molecule has 0 aliphatic heterocycles. The number of hydrogen-bond donors (Lipinski definition) is 0. The molecule has 0 aromatic heterocycles. The summed E-state index contributed by atoms with van der Waals surface area (Å²) >= 11 is 0. The van der Waals surface area contributed by atoms with E-state index in [1.54, 1.807) is 0 Å². The van der Waals surface area contributed by atoms with Crippen LogP contribution in [0.1, 0.15) is 6.42 Å². The predicted octanol–water partition coefficient (Wildman–Crippen LogP) is 3.73. The smallest absolute Gasteiger partial charge is 0.103 e. The van der Waals surface area contributed by atoms with E-state index in [1.807, 2.05) is 0 Å². The lowest BCUT2D eigenvalue weighted by atomic mass is 10.3. The molecular weight excluding hydrogens is 292 g/mol. The van der Waals surface area contributed by atoms with Gasteiger partial charge in [0.05, 0.1) is 0 Å². The summed E-state index contributed by atoms with van der Waals surface area (Å²) in [6.07, 6.45) is 3.08. The van der Waals surface area contributed by atoms with Crippen molar-refractivity contribution < 1.29 is 0 Å². The average molecular weight is 315 g/mol. The number of rotatable bonds is 6. The Labute approximate surface area is 140 Å². The number of allylic oxidation sites excluding steroid dienone is 1. The summed E-state index contributed by atoms with van der Waals surface area (Å²) in [7, 11) is -2.02. The second-order valence-corrected chi connectivity index (χ2v) is 9.87. The van der Waals surface area contributed by atoms with Crippen LogP contribution in [0.2, 0.25) is 6.04 Å². The number of benzene rings is 3. The standard InChI is InChI=1S/C22H22Si/c1-2-3-19-23(20-13-7-4-8-14-20,21-15-9-5-10-16-21)22-17-11-6-12-18-22/h2,4-18H,1,3,19H2. The molecule has 0 aliphatic carbocycles. The van der Waals surface area contributed by atoms with Crippen molar-refractivity contribution in [3.63, 3.8) is 0 Å². The Balaban J connectivity index is 2.27. The van der Waals surface area contributed by atoms with Crippen LogP contribution in [0.3, 0.4) is 0 Å². The van der Waals surface area contributed by atoms with Crippen molar-refractivity contribution in [2.45, 2.75) is 12.5 Å². The van der Waals surface area contributed by atoms with E-state index in [-0.39, 0.29) is 0 Å². The summed E-state index contributed by atoms with van der Waals surface area (Å²) < 4.78 is 0. The topological polar surface area (TPSA) is 0 Å². The molecule has 23 heavy (non-hydrogen) atoms. The van der Waals surface area contributed by atoms with Gasteiger partial charge >= 0.3 is 0 Å². The Morgan fingerprint density at radius 3 is 1.26 bits per heavy atom. The van der Waals surface area contributed by atoms with Crippen LogP contribution >= 0.6 is 0 Å². The fourth-order valence-corrected chi connectivity index (χ4v) is 8.21. The van der Waals surface area contributed by atoms with E-state index in [0.29, 0.717) is 0 Å². The fraction of sp³-hybridized carbons (Fsp3) is 0.0909. The molecule has 0 bridgehead atoms. The van der Waals surface area contributed by atoms with E-state index in [4.69, 9.17) is 0 Å². The number of hydrogen-bond acceptors (Lipinski definition) is 0. The molecule has 0 amide bonds. The molecule has 114 valence electrons. The molecule has 3 aromatic carbocycles. The minimum atomic E-state index is -2.02. The molecule has 0 spiro atoms. The third-order valence-electron chi connectivity index (χ3n) is 4.52. The molecule has 0 radical (unpaired) electrons. The van der Waals surface area contributed by atoms with Crippen molar-refractivity contribution in [1.29, 1.82) is 0 Å². The van der Waals surface area contributed by atoms with Gasteiger partial charge in [0.2, 0.25) is 0 Å². The van der Waals surface area contributed by atoms with E-state index >= 15 is 0 Å². The summed E-state index contributed by atoms with van der Waals surface area (Å²) in [5.41, 5.74) is 0. The fourth-order valence-electron chi connectivity index (χ4n) is 3.42. The molecule has 0 unspecified atom stereocenters. The SMILES string of the molecule is C=CCC[Si](c1ccccc1)(c1ccccc1)c1ccccc1. The molecule has 0 saturated heterocycles. The van der Waals surface area contributed by atoms with Crippen molar-refractivity contribution in [3.8, 4) is 0 Å². The highest BCUT2D eigenvalue weighted by atomic mass is 28.3. The second-order valence-electron chi connectivity index (χ2n) is 5.83. The zero-order valence-electron chi connectivity index (χ0n) is 13.4. The van der Waals surface area contributed by atoms with Gasteiger partial charge in [-0.25, -0.2) is 0 Å². The summed E-state index contributed by atoms with van der Waals surface area (Å²) in [5.74, 6) is 0. The van der Waals surface area contributed by atoms with Crippen molar-refractivity contribution in [2.24, 2.45) is 0 Å². The largest absolute Gasteiger partial charge is 0.148 e. The molecule has 0 N–H and O–H groups in total. The Hall–Kier alpha value is -2.38. The monoisotopic (exact) mass is 314 g/mol. The maximum absolute atomic E-state index is 3.97. The first-order chi connectivity index (χ1) is 11.4. The van der Waals surface area contributed by atoms with Gasteiger partial charge in [0.1, 0.15) is 8.07 Å². The van der Waals surface area contributed by atoms with Gasteiger partial charge in [0, 0.05) is 0 Å². The molecule has 0 atom stereocenters. The molecule has 1 heteroatoms. The predicted molar refractivity (Wildman–Crippen MR) is 104 cm³/mol. The highest BCUT2D eigenvalue weighted by molar-refractivity contribution is 7.11. The van der Waals surface area contributed by atoms with Gasteiger partial charge in [-0.2, -0.15) is 0 Å². The van der Waals surface area contributed by atoms with E-state index < -0.39 is 8.07 Å². The van der Waals surface area contributed by atoms with Gasteiger partial charge < -0.3 is 0 Å². The highest BCUT2D eigenvalue weighted by Crippen LogP contribution is 2.15. The molecule has 3 aromatic rings. The van der Waals surface area contributed by atoms with Gasteiger partial charge in [-0.15, -0.1) is 6.58 Å². The normalized spacial score (nSPS) is 11.1. The van der Waals surface area contributed by atoms with Crippen molar-refractivity contribution >= 4 is 23.6 Å². The first-order valence-electron chi connectivity index (χ1n) is 8.15. The summed E-state index contributed by atoms with van der Waals surface area (Å²) in [4.78, 5) is 0. The van der Waals surface area contributed by atoms with E-state index in [2.05, 4.69) is 104 Å². The van der Waals surface area contributed by atoms with Crippen LogP contribution in [0, 0.1) is 0 Å². The van der Waals surface area contributed by atoms with Crippen LogP contribution < -0.4 is 15.6 Å². The van der Waals surface area contributed by atoms with Gasteiger partial charge in [-0.3, -0.25) is 0 Å². The molecule has 0 fully saturated rings. The van der Waals surface area contributed by atoms with Crippen molar-refractivity contribution in [2.75, 3.05) is 0 Å². The Bertz CT molecular complexity index is 636. The lowest BCUT2D eigenvalue weighted by Crippen LogP contribution is -2.66. The van der Waals surface area contributed by atoms with Crippen LogP contribution in [0.5, 0.6) is 0 Å². The summed E-state index contributed by atoms with van der Waals surface area (Å²) in [6, 6.07) is 34.2. The minimum absolute atomic E-state index is 1.03. The van der Waals surface area contributed by atoms with Crippen molar-refractivity contribution in [1.82, 2.24) is 0 Å². The maximum atomic E-state index is 3.97. The lowest BCUT2D eigenvalue weighted by Gasteiger charge is -2.33. The summed E-state index contributed by atoms with van der Waals surface area (Å²) in [5, 5.41) is 4.41. The van der Waals surface area contributed by atoms with Crippen LogP contribution in [-0.4, -0.2) is 8.07 Å². The first kappa shape index (κ1) is 15.5. The molecular formula is C22H22Si. The third kappa shape index (κ3) is 3.06. The van der Waals surface area contributed by atoms with E-state index in [0.717, 1.165) is 12.5 Å². The van der Waals surface area contributed by atoms with E-state index in [1.165, 1.54) is 15.6 Å². The lowest BCUT2D eigenvalue weighted by molar-refractivity contribution is 1.19.